The number of hydrogen-bond donors (Lipinski definition) is 3. The van der Waals surface area contributed by atoms with Crippen LogP contribution < -0.4 is 15.9 Å². The molecule has 1 aromatic carbocycles. The molecule has 0 aliphatic carbocycles. The number of nitrogens with zero attached hydrogens (tertiary/aromatic N) is 2. The van der Waals surface area contributed by atoms with Crippen molar-refractivity contribution in [2.75, 3.05) is 51.4 Å². The summed E-state index contributed by atoms with van der Waals surface area (Å²) in [6.45, 7) is 3.76. The fourth-order valence-electron chi connectivity index (χ4n) is 2.02. The van der Waals surface area contributed by atoms with Gasteiger partial charge < -0.3 is 16.1 Å². The summed E-state index contributed by atoms with van der Waals surface area (Å²) in [5, 5.41) is 2.08. The molecule has 8 heteroatoms. The van der Waals surface area contributed by atoms with Gasteiger partial charge in [-0.25, -0.2) is 18.1 Å². The lowest BCUT2D eigenvalue weighted by molar-refractivity contribution is 0.179. The third-order valence-corrected chi connectivity index (χ3v) is 4.80. The predicted octanol–water partition coefficient (Wildman–Crippen LogP) is -0.249. The molecule has 20 heavy (non-hydrogen) atoms. The molecule has 4 N–H and O–H groups in total. The van der Waals surface area contributed by atoms with Gasteiger partial charge in [-0.15, -0.1) is 0 Å². The summed E-state index contributed by atoms with van der Waals surface area (Å²) in [4.78, 5) is 2.42. The maximum absolute atomic E-state index is 11.7. The van der Waals surface area contributed by atoms with E-state index in [1.165, 1.54) is 13.1 Å². The Morgan fingerprint density at radius 3 is 2.40 bits per heavy atom. The van der Waals surface area contributed by atoms with Crippen LogP contribution in [0.25, 0.3) is 0 Å². The first-order valence-electron chi connectivity index (χ1n) is 6.45. The van der Waals surface area contributed by atoms with Crippen LogP contribution >= 0.6 is 0 Å². The lowest BCUT2D eigenvalue weighted by Gasteiger charge is -2.33. The maximum atomic E-state index is 11.7. The number of nitrogens with one attached hydrogen (secondary N) is 2. The van der Waals surface area contributed by atoms with Gasteiger partial charge in [-0.05, 0) is 32.3 Å². The largest absolute Gasteiger partial charge is 0.397 e. The zero-order chi connectivity index (χ0) is 14.8. The van der Waals surface area contributed by atoms with Gasteiger partial charge in [0.05, 0.1) is 16.3 Å². The van der Waals surface area contributed by atoms with E-state index in [4.69, 9.17) is 5.73 Å². The highest BCUT2D eigenvalue weighted by Crippen LogP contribution is 2.23. The Morgan fingerprint density at radius 1 is 1.20 bits per heavy atom. The Balaban J connectivity index is 2.10. The standard InChI is InChI=1S/C12H21N5O2S/c1-14-20(18,19)10-3-4-12(11(13)9-10)15-17-7-5-16(2)6-8-17/h3-4,9,14-15H,5-8,13H2,1-2H3. The van der Waals surface area contributed by atoms with Crippen LogP contribution in [-0.2, 0) is 10.0 Å². The molecule has 1 fully saturated rings. The van der Waals surface area contributed by atoms with Crippen molar-refractivity contribution in [3.8, 4) is 0 Å². The van der Waals surface area contributed by atoms with Crippen LogP contribution in [0.4, 0.5) is 11.4 Å². The fourth-order valence-corrected chi connectivity index (χ4v) is 2.78. The highest BCUT2D eigenvalue weighted by atomic mass is 32.2. The molecule has 0 aromatic heterocycles. The second kappa shape index (κ2) is 5.96. The van der Waals surface area contributed by atoms with E-state index in [-0.39, 0.29) is 4.90 Å². The quantitative estimate of drug-likeness (QED) is 0.664. The van der Waals surface area contributed by atoms with E-state index < -0.39 is 10.0 Å². The summed E-state index contributed by atoms with van der Waals surface area (Å²) >= 11 is 0. The summed E-state index contributed by atoms with van der Waals surface area (Å²) < 4.78 is 25.6. The van der Waals surface area contributed by atoms with E-state index in [0.717, 1.165) is 31.9 Å². The second-order valence-corrected chi connectivity index (χ2v) is 6.75. The van der Waals surface area contributed by atoms with Crippen LogP contribution in [0.5, 0.6) is 0 Å². The number of hydrogen-bond acceptors (Lipinski definition) is 6. The zero-order valence-electron chi connectivity index (χ0n) is 11.8. The number of likely N-dealkylation sites (N-methyl/N-ethyl adjacent to an activating group) is 1. The molecule has 0 atom stereocenters. The predicted molar refractivity (Wildman–Crippen MR) is 79.8 cm³/mol. The Hall–Kier alpha value is -1.35. The number of rotatable bonds is 4. The van der Waals surface area contributed by atoms with Gasteiger partial charge in [0.15, 0.2) is 0 Å². The van der Waals surface area contributed by atoms with E-state index in [2.05, 4.69) is 27.1 Å². The van der Waals surface area contributed by atoms with Crippen molar-refractivity contribution in [1.29, 1.82) is 0 Å². The molecule has 0 saturated carbocycles. The molecular weight excluding hydrogens is 278 g/mol. The molecule has 1 aliphatic rings. The minimum absolute atomic E-state index is 0.168. The van der Waals surface area contributed by atoms with Crippen molar-refractivity contribution in [3.63, 3.8) is 0 Å². The second-order valence-electron chi connectivity index (χ2n) is 4.86. The number of hydrazine groups is 1. The lowest BCUT2D eigenvalue weighted by atomic mass is 10.3. The molecule has 1 saturated heterocycles. The molecule has 0 unspecified atom stereocenters. The first kappa shape index (κ1) is 15.0. The number of nitrogens with two attached hydrogens (primary N) is 1. The van der Waals surface area contributed by atoms with E-state index in [1.54, 1.807) is 12.1 Å². The van der Waals surface area contributed by atoms with Gasteiger partial charge >= 0.3 is 0 Å². The number of piperazine rings is 1. The average molecular weight is 299 g/mol. The Bertz CT molecular complexity index is 567. The third-order valence-electron chi connectivity index (χ3n) is 3.38. The molecule has 1 aliphatic heterocycles. The minimum atomic E-state index is -3.46. The van der Waals surface area contributed by atoms with Gasteiger partial charge in [0.2, 0.25) is 10.0 Å². The number of nitrogen functional groups attached to an aromatic ring is 1. The van der Waals surface area contributed by atoms with Crippen LogP contribution in [0.1, 0.15) is 0 Å². The van der Waals surface area contributed by atoms with Gasteiger partial charge in [-0.1, -0.05) is 0 Å². The van der Waals surface area contributed by atoms with Gasteiger partial charge in [-0.3, -0.25) is 0 Å². The molecule has 7 nitrogen and oxygen atoms in total. The van der Waals surface area contributed by atoms with Crippen molar-refractivity contribution < 1.29 is 8.42 Å². The molecular formula is C12H21N5O2S. The topological polar surface area (TPSA) is 90.7 Å². The van der Waals surface area contributed by atoms with Crippen molar-refractivity contribution in [3.05, 3.63) is 18.2 Å². The van der Waals surface area contributed by atoms with Crippen LogP contribution in [0.3, 0.4) is 0 Å². The zero-order valence-corrected chi connectivity index (χ0v) is 12.6. The van der Waals surface area contributed by atoms with Gasteiger partial charge in [0, 0.05) is 26.2 Å². The molecule has 0 radical (unpaired) electrons. The number of benzene rings is 1. The van der Waals surface area contributed by atoms with Gasteiger partial charge in [0.1, 0.15) is 0 Å². The Labute approximate surface area is 119 Å². The first-order chi connectivity index (χ1) is 9.42. The normalized spacial score (nSPS) is 18.1. The van der Waals surface area contributed by atoms with Gasteiger partial charge in [-0.2, -0.15) is 0 Å². The highest BCUT2D eigenvalue weighted by Gasteiger charge is 2.16. The fraction of sp³-hybridized carbons (Fsp3) is 0.500. The van der Waals surface area contributed by atoms with E-state index in [1.807, 2.05) is 0 Å². The maximum Gasteiger partial charge on any atom is 0.240 e. The molecule has 2 rings (SSSR count). The van der Waals surface area contributed by atoms with Crippen molar-refractivity contribution in [2.24, 2.45) is 0 Å². The summed E-state index contributed by atoms with van der Waals surface area (Å²) in [5.41, 5.74) is 10.3. The third kappa shape index (κ3) is 3.40. The molecule has 1 aromatic rings. The summed E-state index contributed by atoms with van der Waals surface area (Å²) in [5.74, 6) is 0. The molecule has 0 bridgehead atoms. The van der Waals surface area contributed by atoms with E-state index >= 15 is 0 Å². The first-order valence-corrected chi connectivity index (χ1v) is 7.94. The minimum Gasteiger partial charge on any atom is -0.397 e. The van der Waals surface area contributed by atoms with Crippen molar-refractivity contribution in [1.82, 2.24) is 14.6 Å². The molecule has 0 amide bonds. The van der Waals surface area contributed by atoms with Crippen molar-refractivity contribution >= 4 is 21.4 Å². The number of anilines is 2. The Kier molecular flexibility index (Phi) is 4.48. The smallest absolute Gasteiger partial charge is 0.240 e. The monoisotopic (exact) mass is 299 g/mol. The van der Waals surface area contributed by atoms with Crippen LogP contribution in [-0.4, -0.2) is 58.6 Å². The molecule has 1 heterocycles. The summed E-state index contributed by atoms with van der Waals surface area (Å²) in [6, 6.07) is 4.70. The highest BCUT2D eigenvalue weighted by molar-refractivity contribution is 7.89. The molecule has 0 spiro atoms. The molecule has 112 valence electrons. The Morgan fingerprint density at radius 2 is 1.85 bits per heavy atom. The van der Waals surface area contributed by atoms with Gasteiger partial charge in [0.25, 0.3) is 0 Å². The SMILES string of the molecule is CNS(=O)(=O)c1ccc(NN2CCN(C)CC2)c(N)c1. The summed E-state index contributed by atoms with van der Waals surface area (Å²) in [7, 11) is 0.00744. The number of sulfonamides is 1. The van der Waals surface area contributed by atoms with Crippen molar-refractivity contribution in [2.45, 2.75) is 4.90 Å². The van der Waals surface area contributed by atoms with Crippen LogP contribution in [0.15, 0.2) is 23.1 Å². The average Bonchev–Trinajstić information content (AvgIpc) is 2.43. The summed E-state index contributed by atoms with van der Waals surface area (Å²) in [6.07, 6.45) is 0. The van der Waals surface area contributed by atoms with E-state index in [9.17, 15) is 8.42 Å². The van der Waals surface area contributed by atoms with Crippen LogP contribution in [0, 0.1) is 0 Å². The van der Waals surface area contributed by atoms with Crippen LogP contribution in [0.2, 0.25) is 0 Å². The van der Waals surface area contributed by atoms with E-state index in [0.29, 0.717) is 5.69 Å². The lowest BCUT2D eigenvalue weighted by Crippen LogP contribution is -2.47.